The van der Waals surface area contributed by atoms with Crippen molar-refractivity contribution in [2.24, 2.45) is 0 Å². The van der Waals surface area contributed by atoms with Crippen LogP contribution >= 0.6 is 0 Å². The Morgan fingerprint density at radius 3 is 2.33 bits per heavy atom. The number of hydrogen-bond acceptors (Lipinski definition) is 3. The minimum atomic E-state index is -4.05. The number of anilines is 2. The first-order chi connectivity index (χ1) is 9.72. The number of nitrogens with one attached hydrogen (secondary N) is 1. The maximum atomic E-state index is 13.7. The summed E-state index contributed by atoms with van der Waals surface area (Å²) >= 11 is 0. The summed E-state index contributed by atoms with van der Waals surface area (Å²) < 4.78 is 53.3. The van der Waals surface area contributed by atoms with Crippen LogP contribution in [0.1, 0.15) is 11.1 Å². The SMILES string of the molecule is Cc1ccc(S(=O)(=O)Nc2c(N)ccc(F)c2F)cc1C. The molecule has 0 spiro atoms. The molecule has 0 amide bonds. The Balaban J connectivity index is 2.47. The van der Waals surface area contributed by atoms with E-state index in [1.807, 2.05) is 11.6 Å². The van der Waals surface area contributed by atoms with Gasteiger partial charge < -0.3 is 5.73 Å². The van der Waals surface area contributed by atoms with Crippen LogP contribution in [0.15, 0.2) is 35.2 Å². The van der Waals surface area contributed by atoms with Gasteiger partial charge in [0.1, 0.15) is 5.69 Å². The van der Waals surface area contributed by atoms with Crippen molar-refractivity contribution in [2.45, 2.75) is 18.7 Å². The highest BCUT2D eigenvalue weighted by Crippen LogP contribution is 2.27. The number of halogens is 2. The second-order valence-corrected chi connectivity index (χ2v) is 6.36. The maximum Gasteiger partial charge on any atom is 0.262 e. The predicted octanol–water partition coefficient (Wildman–Crippen LogP) is 2.96. The van der Waals surface area contributed by atoms with Crippen molar-refractivity contribution in [3.8, 4) is 0 Å². The zero-order chi connectivity index (χ0) is 15.8. The molecule has 0 heterocycles. The fraction of sp³-hybridized carbons (Fsp3) is 0.143. The minimum Gasteiger partial charge on any atom is -0.397 e. The number of sulfonamides is 1. The summed E-state index contributed by atoms with van der Waals surface area (Å²) in [5.41, 5.74) is 6.40. The molecule has 0 atom stereocenters. The van der Waals surface area contributed by atoms with E-state index in [0.29, 0.717) is 0 Å². The third-order valence-corrected chi connectivity index (χ3v) is 4.50. The van der Waals surface area contributed by atoms with E-state index in [0.717, 1.165) is 23.3 Å². The average molecular weight is 312 g/mol. The van der Waals surface area contributed by atoms with E-state index in [1.165, 1.54) is 12.1 Å². The molecule has 2 aromatic rings. The van der Waals surface area contributed by atoms with Crippen LogP contribution in [-0.4, -0.2) is 8.42 Å². The van der Waals surface area contributed by atoms with Gasteiger partial charge in [0.15, 0.2) is 11.6 Å². The van der Waals surface area contributed by atoms with Crippen LogP contribution in [0.5, 0.6) is 0 Å². The van der Waals surface area contributed by atoms with Crippen molar-refractivity contribution in [3.63, 3.8) is 0 Å². The standard InChI is InChI=1S/C14H14F2N2O2S/c1-8-3-4-10(7-9(8)2)21(19,20)18-14-12(17)6-5-11(15)13(14)16/h3-7,18H,17H2,1-2H3. The molecule has 0 bridgehead atoms. The fourth-order valence-corrected chi connectivity index (χ4v) is 2.92. The highest BCUT2D eigenvalue weighted by Gasteiger charge is 2.20. The Hall–Kier alpha value is -2.15. The van der Waals surface area contributed by atoms with Gasteiger partial charge in [-0.25, -0.2) is 17.2 Å². The lowest BCUT2D eigenvalue weighted by Gasteiger charge is -2.12. The molecule has 0 unspecified atom stereocenters. The van der Waals surface area contributed by atoms with Crippen LogP contribution in [0.25, 0.3) is 0 Å². The molecule has 21 heavy (non-hydrogen) atoms. The van der Waals surface area contributed by atoms with Gasteiger partial charge in [0.2, 0.25) is 0 Å². The van der Waals surface area contributed by atoms with E-state index in [4.69, 9.17) is 5.73 Å². The summed E-state index contributed by atoms with van der Waals surface area (Å²) in [6.45, 7) is 3.59. The largest absolute Gasteiger partial charge is 0.397 e. The Kier molecular flexibility index (Phi) is 3.87. The third-order valence-electron chi connectivity index (χ3n) is 3.15. The van der Waals surface area contributed by atoms with Gasteiger partial charge in [0.25, 0.3) is 10.0 Å². The number of benzene rings is 2. The zero-order valence-corrected chi connectivity index (χ0v) is 12.3. The zero-order valence-electron chi connectivity index (χ0n) is 11.4. The molecule has 0 fully saturated rings. The number of rotatable bonds is 3. The molecule has 0 aliphatic rings. The van der Waals surface area contributed by atoms with Gasteiger partial charge >= 0.3 is 0 Å². The van der Waals surface area contributed by atoms with Crippen LogP contribution in [0, 0.1) is 25.5 Å². The van der Waals surface area contributed by atoms with Gasteiger partial charge in [-0.15, -0.1) is 0 Å². The molecule has 112 valence electrons. The van der Waals surface area contributed by atoms with Crippen molar-refractivity contribution in [2.75, 3.05) is 10.5 Å². The molecule has 0 aliphatic heterocycles. The monoisotopic (exact) mass is 312 g/mol. The molecule has 0 aliphatic carbocycles. The molecule has 0 aromatic heterocycles. The number of nitrogen functional groups attached to an aromatic ring is 1. The van der Waals surface area contributed by atoms with Crippen LogP contribution in [0.2, 0.25) is 0 Å². The summed E-state index contributed by atoms with van der Waals surface area (Å²) in [6, 6.07) is 6.40. The lowest BCUT2D eigenvalue weighted by atomic mass is 10.1. The summed E-state index contributed by atoms with van der Waals surface area (Å²) in [6.07, 6.45) is 0. The number of nitrogens with two attached hydrogens (primary N) is 1. The average Bonchev–Trinajstić information content (AvgIpc) is 2.42. The van der Waals surface area contributed by atoms with E-state index in [1.54, 1.807) is 13.0 Å². The highest BCUT2D eigenvalue weighted by atomic mass is 32.2. The molecule has 2 rings (SSSR count). The normalized spacial score (nSPS) is 11.4. The molecule has 0 saturated heterocycles. The Morgan fingerprint density at radius 1 is 1.05 bits per heavy atom. The van der Waals surface area contributed by atoms with Crippen molar-refractivity contribution < 1.29 is 17.2 Å². The second kappa shape index (κ2) is 5.33. The Labute approximate surface area is 121 Å². The summed E-state index contributed by atoms with van der Waals surface area (Å²) in [5, 5.41) is 0. The first kappa shape index (κ1) is 15.2. The fourth-order valence-electron chi connectivity index (χ4n) is 1.74. The van der Waals surface area contributed by atoms with Crippen molar-refractivity contribution in [3.05, 3.63) is 53.1 Å². The maximum absolute atomic E-state index is 13.7. The predicted molar refractivity (Wildman–Crippen MR) is 77.5 cm³/mol. The minimum absolute atomic E-state index is 0.0475. The molecule has 3 N–H and O–H groups in total. The Morgan fingerprint density at radius 2 is 1.71 bits per heavy atom. The lowest BCUT2D eigenvalue weighted by molar-refractivity contribution is 0.512. The summed E-state index contributed by atoms with van der Waals surface area (Å²) in [4.78, 5) is -0.0475. The van der Waals surface area contributed by atoms with Crippen LogP contribution in [-0.2, 0) is 10.0 Å². The second-order valence-electron chi connectivity index (χ2n) is 4.68. The molecular formula is C14H14F2N2O2S. The van der Waals surface area contributed by atoms with Crippen molar-refractivity contribution >= 4 is 21.4 Å². The molecular weight excluding hydrogens is 298 g/mol. The summed E-state index contributed by atoms with van der Waals surface area (Å²) in [5.74, 6) is -2.51. The summed E-state index contributed by atoms with van der Waals surface area (Å²) in [7, 11) is -4.05. The van der Waals surface area contributed by atoms with E-state index in [9.17, 15) is 17.2 Å². The quantitative estimate of drug-likeness (QED) is 0.856. The van der Waals surface area contributed by atoms with E-state index in [-0.39, 0.29) is 10.6 Å². The first-order valence-electron chi connectivity index (χ1n) is 6.06. The van der Waals surface area contributed by atoms with E-state index in [2.05, 4.69) is 0 Å². The molecule has 0 radical (unpaired) electrons. The van der Waals surface area contributed by atoms with Gasteiger partial charge in [-0.1, -0.05) is 6.07 Å². The molecule has 4 nitrogen and oxygen atoms in total. The number of hydrogen-bond donors (Lipinski definition) is 2. The third kappa shape index (κ3) is 2.97. The Bertz CT molecular complexity index is 805. The smallest absolute Gasteiger partial charge is 0.262 e. The first-order valence-corrected chi connectivity index (χ1v) is 7.54. The van der Waals surface area contributed by atoms with Gasteiger partial charge in [-0.05, 0) is 49.2 Å². The molecule has 7 heteroatoms. The van der Waals surface area contributed by atoms with E-state index >= 15 is 0 Å². The van der Waals surface area contributed by atoms with Crippen LogP contribution in [0.3, 0.4) is 0 Å². The van der Waals surface area contributed by atoms with Crippen LogP contribution < -0.4 is 10.5 Å². The highest BCUT2D eigenvalue weighted by molar-refractivity contribution is 7.92. The molecule has 0 saturated carbocycles. The van der Waals surface area contributed by atoms with Gasteiger partial charge in [0.05, 0.1) is 10.6 Å². The lowest BCUT2D eigenvalue weighted by Crippen LogP contribution is -2.16. The molecule has 2 aromatic carbocycles. The van der Waals surface area contributed by atoms with Gasteiger partial charge in [-0.2, -0.15) is 0 Å². The van der Waals surface area contributed by atoms with Crippen molar-refractivity contribution in [1.29, 1.82) is 0 Å². The van der Waals surface area contributed by atoms with Gasteiger partial charge in [-0.3, -0.25) is 4.72 Å². The topological polar surface area (TPSA) is 72.2 Å². The van der Waals surface area contributed by atoms with Gasteiger partial charge in [0, 0.05) is 0 Å². The van der Waals surface area contributed by atoms with Crippen LogP contribution in [0.4, 0.5) is 20.2 Å². The van der Waals surface area contributed by atoms with Crippen molar-refractivity contribution in [1.82, 2.24) is 0 Å². The number of aryl methyl sites for hydroxylation is 2. The van der Waals surface area contributed by atoms with E-state index < -0.39 is 27.3 Å².